The highest BCUT2D eigenvalue weighted by Crippen LogP contribution is 2.14. The minimum Gasteiger partial charge on any atom is -0.298 e. The van der Waals surface area contributed by atoms with Gasteiger partial charge in [0, 0.05) is 0 Å². The Labute approximate surface area is 85.2 Å². The van der Waals surface area contributed by atoms with Crippen LogP contribution in [0.15, 0.2) is 30.3 Å². The van der Waals surface area contributed by atoms with Crippen LogP contribution in [0.3, 0.4) is 0 Å². The summed E-state index contributed by atoms with van der Waals surface area (Å²) in [6.07, 6.45) is 0. The third-order valence-corrected chi connectivity index (χ3v) is 1.67. The van der Waals surface area contributed by atoms with Gasteiger partial charge in [-0.25, -0.2) is 0 Å². The van der Waals surface area contributed by atoms with Crippen molar-refractivity contribution in [2.75, 3.05) is 0 Å². The molecule has 0 saturated heterocycles. The topological polar surface area (TPSA) is 40.9 Å². The van der Waals surface area contributed by atoms with E-state index in [1.54, 1.807) is 12.1 Å². The Bertz CT molecular complexity index is 311. The molecule has 1 atom stereocenters. The van der Waals surface area contributed by atoms with Crippen LogP contribution in [0.25, 0.3) is 0 Å². The molecule has 0 aromatic heterocycles. The molecule has 0 spiro atoms. The van der Waals surface area contributed by atoms with Crippen LogP contribution in [0.1, 0.15) is 32.3 Å². The summed E-state index contributed by atoms with van der Waals surface area (Å²) in [5.74, 6) is -0.713. The predicted octanol–water partition coefficient (Wildman–Crippen LogP) is 2.91. The van der Waals surface area contributed by atoms with Gasteiger partial charge in [-0.2, -0.15) is 5.26 Å². The quantitative estimate of drug-likeness (QED) is 0.717. The van der Waals surface area contributed by atoms with Crippen LogP contribution in [-0.2, 0) is 4.79 Å². The zero-order valence-electron chi connectivity index (χ0n) is 8.82. The fourth-order valence-corrected chi connectivity index (χ4v) is 1.05. The zero-order valence-corrected chi connectivity index (χ0v) is 8.82. The molecule has 0 saturated carbocycles. The first kappa shape index (κ1) is 12.4. The highest BCUT2D eigenvalue weighted by Gasteiger charge is 2.14. The molecule has 0 N–H and O–H groups in total. The van der Waals surface area contributed by atoms with Crippen LogP contribution in [0, 0.1) is 11.3 Å². The van der Waals surface area contributed by atoms with E-state index in [0.29, 0.717) is 0 Å². The number of nitrogens with zero attached hydrogens (tertiary/aromatic N) is 1. The maximum absolute atomic E-state index is 11.0. The second kappa shape index (κ2) is 6.85. The molecule has 1 aromatic rings. The van der Waals surface area contributed by atoms with Crippen molar-refractivity contribution in [2.24, 2.45) is 0 Å². The summed E-state index contributed by atoms with van der Waals surface area (Å²) in [5, 5.41) is 8.68. The van der Waals surface area contributed by atoms with Crippen molar-refractivity contribution in [2.45, 2.75) is 26.7 Å². The number of nitriles is 1. The molecule has 2 nitrogen and oxygen atoms in total. The first-order valence-electron chi connectivity index (χ1n) is 4.70. The lowest BCUT2D eigenvalue weighted by molar-refractivity contribution is -0.117. The van der Waals surface area contributed by atoms with Gasteiger partial charge in [0.05, 0.1) is 6.07 Å². The monoisotopic (exact) mass is 189 g/mol. The molecule has 0 heterocycles. The van der Waals surface area contributed by atoms with Crippen molar-refractivity contribution >= 4 is 5.78 Å². The lowest BCUT2D eigenvalue weighted by Crippen LogP contribution is -2.05. The Hall–Kier alpha value is -1.62. The molecule has 0 aliphatic carbocycles. The average molecular weight is 189 g/mol. The summed E-state index contributed by atoms with van der Waals surface area (Å²) in [6.45, 7) is 5.43. The third-order valence-electron chi connectivity index (χ3n) is 1.67. The van der Waals surface area contributed by atoms with Gasteiger partial charge in [0.25, 0.3) is 0 Å². The molecule has 0 fully saturated rings. The van der Waals surface area contributed by atoms with Crippen LogP contribution < -0.4 is 0 Å². The van der Waals surface area contributed by atoms with Gasteiger partial charge in [-0.05, 0) is 12.5 Å². The lowest BCUT2D eigenvalue weighted by Gasteiger charge is -2.03. The maximum atomic E-state index is 11.0. The summed E-state index contributed by atoms with van der Waals surface area (Å²) >= 11 is 0. The standard InChI is InChI=1S/C10H9NO.C2H6/c1-8(12)10(7-11)9-5-3-2-4-6-9;1-2/h2-6,10H,1H3;1-2H3. The molecular weight excluding hydrogens is 174 g/mol. The number of hydrogen-bond donors (Lipinski definition) is 0. The van der Waals surface area contributed by atoms with E-state index in [9.17, 15) is 4.79 Å². The molecule has 74 valence electrons. The number of carbonyl (C=O) groups is 1. The number of hydrogen-bond acceptors (Lipinski definition) is 2. The lowest BCUT2D eigenvalue weighted by atomic mass is 9.97. The normalized spacial score (nSPS) is 10.4. The van der Waals surface area contributed by atoms with E-state index in [2.05, 4.69) is 0 Å². The van der Waals surface area contributed by atoms with Crippen LogP contribution in [0.4, 0.5) is 0 Å². The molecule has 0 aliphatic rings. The van der Waals surface area contributed by atoms with E-state index in [4.69, 9.17) is 5.26 Å². The van der Waals surface area contributed by atoms with Crippen LogP contribution in [0.2, 0.25) is 0 Å². The summed E-state index contributed by atoms with van der Waals surface area (Å²) in [7, 11) is 0. The second-order valence-corrected chi connectivity index (χ2v) is 2.58. The maximum Gasteiger partial charge on any atom is 0.151 e. The first-order chi connectivity index (χ1) is 6.75. The minimum atomic E-state index is -0.605. The van der Waals surface area contributed by atoms with Crippen LogP contribution >= 0.6 is 0 Å². The molecule has 2 heteroatoms. The smallest absolute Gasteiger partial charge is 0.151 e. The molecule has 0 radical (unpaired) electrons. The largest absolute Gasteiger partial charge is 0.298 e. The van der Waals surface area contributed by atoms with E-state index in [-0.39, 0.29) is 5.78 Å². The molecule has 0 amide bonds. The highest BCUT2D eigenvalue weighted by molar-refractivity contribution is 5.86. The van der Waals surface area contributed by atoms with E-state index in [1.807, 2.05) is 38.1 Å². The fraction of sp³-hybridized carbons (Fsp3) is 0.333. The van der Waals surface area contributed by atoms with Crippen molar-refractivity contribution in [1.82, 2.24) is 0 Å². The second-order valence-electron chi connectivity index (χ2n) is 2.58. The number of rotatable bonds is 2. The molecule has 1 rings (SSSR count). The summed E-state index contributed by atoms with van der Waals surface area (Å²) < 4.78 is 0. The van der Waals surface area contributed by atoms with Crippen molar-refractivity contribution in [3.05, 3.63) is 35.9 Å². The van der Waals surface area contributed by atoms with Gasteiger partial charge in [-0.1, -0.05) is 44.2 Å². The van der Waals surface area contributed by atoms with Gasteiger partial charge in [0.15, 0.2) is 5.78 Å². The average Bonchev–Trinajstić information content (AvgIpc) is 2.23. The number of ketones is 1. The van der Waals surface area contributed by atoms with Crippen molar-refractivity contribution in [1.29, 1.82) is 5.26 Å². The van der Waals surface area contributed by atoms with E-state index in [0.717, 1.165) is 5.56 Å². The minimum absolute atomic E-state index is 0.108. The van der Waals surface area contributed by atoms with Crippen LogP contribution in [0.5, 0.6) is 0 Å². The molecule has 0 bridgehead atoms. The highest BCUT2D eigenvalue weighted by atomic mass is 16.1. The van der Waals surface area contributed by atoms with E-state index < -0.39 is 5.92 Å². The van der Waals surface area contributed by atoms with Gasteiger partial charge in [0.1, 0.15) is 5.92 Å². The van der Waals surface area contributed by atoms with Crippen LogP contribution in [-0.4, -0.2) is 5.78 Å². The molecule has 1 aromatic carbocycles. The Morgan fingerprint density at radius 1 is 1.29 bits per heavy atom. The molecule has 0 aliphatic heterocycles. The number of benzene rings is 1. The Morgan fingerprint density at radius 2 is 1.79 bits per heavy atom. The number of Topliss-reactive ketones (excluding diaryl/α,β-unsaturated/α-hetero) is 1. The first-order valence-corrected chi connectivity index (χ1v) is 4.70. The molecule has 14 heavy (non-hydrogen) atoms. The van der Waals surface area contributed by atoms with Gasteiger partial charge in [0.2, 0.25) is 0 Å². The number of carbonyl (C=O) groups excluding carboxylic acids is 1. The predicted molar refractivity (Wildman–Crippen MR) is 56.8 cm³/mol. The van der Waals surface area contributed by atoms with Crippen molar-refractivity contribution in [3.8, 4) is 6.07 Å². The zero-order chi connectivity index (χ0) is 11.0. The SMILES string of the molecule is CC.CC(=O)C(C#N)c1ccccc1. The van der Waals surface area contributed by atoms with Gasteiger partial charge < -0.3 is 0 Å². The Balaban J connectivity index is 0.000000791. The Morgan fingerprint density at radius 3 is 2.14 bits per heavy atom. The van der Waals surface area contributed by atoms with Gasteiger partial charge in [-0.3, -0.25) is 4.79 Å². The summed E-state index contributed by atoms with van der Waals surface area (Å²) in [4.78, 5) is 11.0. The van der Waals surface area contributed by atoms with Gasteiger partial charge >= 0.3 is 0 Å². The van der Waals surface area contributed by atoms with Gasteiger partial charge in [-0.15, -0.1) is 0 Å². The van der Waals surface area contributed by atoms with Crippen molar-refractivity contribution in [3.63, 3.8) is 0 Å². The third kappa shape index (κ3) is 3.40. The summed E-state index contributed by atoms with van der Waals surface area (Å²) in [6, 6.07) is 11.0. The summed E-state index contributed by atoms with van der Waals surface area (Å²) in [5.41, 5.74) is 0.771. The van der Waals surface area contributed by atoms with E-state index >= 15 is 0 Å². The van der Waals surface area contributed by atoms with E-state index in [1.165, 1.54) is 6.92 Å². The molecular formula is C12H15NO. The molecule has 1 unspecified atom stereocenters. The Kier molecular flexibility index (Phi) is 6.06. The van der Waals surface area contributed by atoms with Crippen molar-refractivity contribution < 1.29 is 4.79 Å². The fourth-order valence-electron chi connectivity index (χ4n) is 1.05.